The third-order valence-corrected chi connectivity index (χ3v) is 3.30. The van der Waals surface area contributed by atoms with E-state index in [-0.39, 0.29) is 11.8 Å². The summed E-state index contributed by atoms with van der Waals surface area (Å²) >= 11 is 0. The van der Waals surface area contributed by atoms with Crippen molar-refractivity contribution in [2.75, 3.05) is 0 Å². The molecule has 6 heteroatoms. The predicted octanol–water partition coefficient (Wildman–Crippen LogP) is -0.197. The van der Waals surface area contributed by atoms with E-state index in [0.717, 1.165) is 10.0 Å². The summed E-state index contributed by atoms with van der Waals surface area (Å²) in [6.45, 7) is 3.53. The first-order valence-electron chi connectivity index (χ1n) is 4.91. The maximum absolute atomic E-state index is 11.9. The minimum Gasteiger partial charge on any atom is -0.478 e. The summed E-state index contributed by atoms with van der Waals surface area (Å²) in [5.74, 6) is -1.90. The number of carboxylic acids is 1. The highest BCUT2D eigenvalue weighted by atomic mass is 16.4. The van der Waals surface area contributed by atoms with Crippen LogP contribution in [0.1, 0.15) is 26.7 Å². The molecule has 0 atom stereocenters. The molecule has 0 aromatic heterocycles. The van der Waals surface area contributed by atoms with E-state index in [1.165, 1.54) is 0 Å². The minimum absolute atomic E-state index is 0.370. The van der Waals surface area contributed by atoms with Gasteiger partial charge in [0.1, 0.15) is 5.41 Å². The lowest BCUT2D eigenvalue weighted by molar-refractivity contribution is -0.148. The van der Waals surface area contributed by atoms with Gasteiger partial charge >= 0.3 is 5.97 Å². The number of aliphatic carboxylic acids is 1. The molecule has 2 aliphatic rings. The molecule has 0 saturated carbocycles. The van der Waals surface area contributed by atoms with Gasteiger partial charge in [-0.25, -0.2) is 14.8 Å². The quantitative estimate of drug-likeness (QED) is 0.519. The van der Waals surface area contributed by atoms with Crippen LogP contribution in [0.5, 0.6) is 0 Å². The van der Waals surface area contributed by atoms with Crippen LogP contribution in [0.3, 0.4) is 0 Å². The molecule has 2 fully saturated rings. The Hall–Kier alpha value is -1.59. The van der Waals surface area contributed by atoms with Crippen LogP contribution in [0, 0.1) is 5.41 Å². The first-order chi connectivity index (χ1) is 7.01. The van der Waals surface area contributed by atoms with Crippen LogP contribution >= 0.6 is 0 Å². The molecule has 0 bridgehead atoms. The van der Waals surface area contributed by atoms with Gasteiger partial charge in [-0.2, -0.15) is 0 Å². The topological polar surface area (TPSA) is 77.5 Å². The molecule has 2 amide bonds. The smallest absolute Gasteiger partial charge is 0.351 e. The molecule has 0 spiro atoms. The Labute approximate surface area is 86.4 Å². The van der Waals surface area contributed by atoms with Crippen molar-refractivity contribution in [2.45, 2.75) is 32.9 Å². The Morgan fingerprint density at radius 2 is 1.67 bits per heavy atom. The van der Waals surface area contributed by atoms with Gasteiger partial charge in [0, 0.05) is 0 Å². The SMILES string of the molecule is CCC1(CC)C(=O)N2C(C(=O)O)N2C1=O. The van der Waals surface area contributed by atoms with Crippen LogP contribution < -0.4 is 0 Å². The van der Waals surface area contributed by atoms with Crippen molar-refractivity contribution in [2.24, 2.45) is 5.41 Å². The van der Waals surface area contributed by atoms with Gasteiger partial charge in [-0.3, -0.25) is 9.59 Å². The highest BCUT2D eigenvalue weighted by Gasteiger charge is 2.72. The van der Waals surface area contributed by atoms with E-state index < -0.39 is 17.6 Å². The second-order valence-corrected chi connectivity index (χ2v) is 3.80. The maximum Gasteiger partial charge on any atom is 0.351 e. The Kier molecular flexibility index (Phi) is 1.80. The van der Waals surface area contributed by atoms with Crippen molar-refractivity contribution in [1.82, 2.24) is 10.0 Å². The monoisotopic (exact) mass is 212 g/mol. The third-order valence-electron chi connectivity index (χ3n) is 3.30. The van der Waals surface area contributed by atoms with Gasteiger partial charge in [0.05, 0.1) is 0 Å². The number of rotatable bonds is 3. The van der Waals surface area contributed by atoms with Crippen molar-refractivity contribution >= 4 is 17.8 Å². The fourth-order valence-electron chi connectivity index (χ4n) is 2.18. The zero-order chi connectivity index (χ0) is 11.4. The van der Waals surface area contributed by atoms with E-state index in [4.69, 9.17) is 5.11 Å². The number of amides is 2. The Morgan fingerprint density at radius 1 is 1.27 bits per heavy atom. The average molecular weight is 212 g/mol. The summed E-state index contributed by atoms with van der Waals surface area (Å²) in [7, 11) is 0. The van der Waals surface area contributed by atoms with Gasteiger partial charge in [0.15, 0.2) is 0 Å². The van der Waals surface area contributed by atoms with Crippen molar-refractivity contribution in [1.29, 1.82) is 0 Å². The van der Waals surface area contributed by atoms with Crippen molar-refractivity contribution in [3.63, 3.8) is 0 Å². The molecule has 0 radical (unpaired) electrons. The van der Waals surface area contributed by atoms with E-state index >= 15 is 0 Å². The van der Waals surface area contributed by atoms with Crippen LogP contribution in [-0.4, -0.2) is 39.1 Å². The number of carboxylic acid groups (broad SMARTS) is 1. The zero-order valence-corrected chi connectivity index (χ0v) is 8.56. The van der Waals surface area contributed by atoms with Crippen molar-refractivity contribution in [3.8, 4) is 0 Å². The molecule has 6 nitrogen and oxygen atoms in total. The van der Waals surface area contributed by atoms with E-state index in [0.29, 0.717) is 12.8 Å². The van der Waals surface area contributed by atoms with Gasteiger partial charge in [0.2, 0.25) is 6.17 Å². The molecule has 1 N–H and O–H groups in total. The Bertz CT molecular complexity index is 337. The molecule has 2 saturated heterocycles. The van der Waals surface area contributed by atoms with E-state index in [1.54, 1.807) is 13.8 Å². The molecule has 82 valence electrons. The average Bonchev–Trinajstić information content (AvgIpc) is 2.89. The standard InChI is InChI=1S/C9H12N2O4/c1-3-9(4-2)7(14)10-5(6(12)13)11(10)8(9)15/h5H,3-4H2,1-2H3,(H,12,13). The summed E-state index contributed by atoms with van der Waals surface area (Å²) in [5, 5.41) is 10.8. The Balaban J connectivity index is 2.31. The van der Waals surface area contributed by atoms with Gasteiger partial charge in [0.25, 0.3) is 11.8 Å². The molecular formula is C9H12N2O4. The fourth-order valence-corrected chi connectivity index (χ4v) is 2.18. The summed E-state index contributed by atoms with van der Waals surface area (Å²) in [6.07, 6.45) is -0.225. The van der Waals surface area contributed by atoms with Gasteiger partial charge in [-0.15, -0.1) is 0 Å². The fraction of sp³-hybridized carbons (Fsp3) is 0.667. The molecular weight excluding hydrogens is 200 g/mol. The highest BCUT2D eigenvalue weighted by molar-refractivity contribution is 6.15. The molecule has 0 unspecified atom stereocenters. The van der Waals surface area contributed by atoms with Crippen molar-refractivity contribution < 1.29 is 19.5 Å². The molecule has 2 rings (SSSR count). The molecule has 0 aromatic rings. The summed E-state index contributed by atoms with van der Waals surface area (Å²) in [6, 6.07) is 0. The second kappa shape index (κ2) is 2.71. The summed E-state index contributed by atoms with van der Waals surface area (Å²) in [5.41, 5.74) is -1.01. The molecule has 2 heterocycles. The van der Waals surface area contributed by atoms with Crippen LogP contribution in [0.15, 0.2) is 0 Å². The molecule has 15 heavy (non-hydrogen) atoms. The number of hydrazine groups is 1. The van der Waals surface area contributed by atoms with Gasteiger partial charge < -0.3 is 5.11 Å². The maximum atomic E-state index is 11.9. The number of nitrogens with zero attached hydrogens (tertiary/aromatic N) is 2. The highest BCUT2D eigenvalue weighted by Crippen LogP contribution is 2.47. The number of hydrogen-bond donors (Lipinski definition) is 1. The second-order valence-electron chi connectivity index (χ2n) is 3.80. The van der Waals surface area contributed by atoms with Gasteiger partial charge in [-0.1, -0.05) is 13.8 Å². The number of carbonyl (C=O) groups is 3. The predicted molar refractivity (Wildman–Crippen MR) is 48.1 cm³/mol. The van der Waals surface area contributed by atoms with Gasteiger partial charge in [-0.05, 0) is 12.8 Å². The zero-order valence-electron chi connectivity index (χ0n) is 8.56. The number of fused-ring (bicyclic) bond motifs is 1. The van der Waals surface area contributed by atoms with Crippen LogP contribution in [0.2, 0.25) is 0 Å². The first kappa shape index (κ1) is 9.95. The molecule has 0 aliphatic carbocycles. The van der Waals surface area contributed by atoms with Crippen LogP contribution in [0.25, 0.3) is 0 Å². The van der Waals surface area contributed by atoms with Crippen LogP contribution in [0.4, 0.5) is 0 Å². The van der Waals surface area contributed by atoms with E-state index in [9.17, 15) is 14.4 Å². The lowest BCUT2D eigenvalue weighted by atomic mass is 9.81. The van der Waals surface area contributed by atoms with Crippen LogP contribution in [-0.2, 0) is 14.4 Å². The lowest BCUT2D eigenvalue weighted by Gasteiger charge is -2.21. The minimum atomic E-state index is -1.16. The van der Waals surface area contributed by atoms with E-state index in [1.807, 2.05) is 0 Å². The molecule has 0 aromatic carbocycles. The Morgan fingerprint density at radius 3 is 1.93 bits per heavy atom. The third kappa shape index (κ3) is 0.912. The first-order valence-corrected chi connectivity index (χ1v) is 4.91. The largest absolute Gasteiger partial charge is 0.478 e. The normalized spacial score (nSPS) is 23.3. The number of carbonyl (C=O) groups excluding carboxylic acids is 2. The van der Waals surface area contributed by atoms with E-state index in [2.05, 4.69) is 0 Å². The van der Waals surface area contributed by atoms with Crippen molar-refractivity contribution in [3.05, 3.63) is 0 Å². The lowest BCUT2D eigenvalue weighted by Crippen LogP contribution is -2.41. The summed E-state index contributed by atoms with van der Waals surface area (Å²) < 4.78 is 0. The number of hydrogen-bond acceptors (Lipinski definition) is 3. The summed E-state index contributed by atoms with van der Waals surface area (Å²) in [4.78, 5) is 34.4. The molecule has 2 aliphatic heterocycles.